The predicted molar refractivity (Wildman–Crippen MR) is 52.7 cm³/mol. The van der Waals surface area contributed by atoms with Crippen LogP contribution in [0.3, 0.4) is 0 Å². The predicted octanol–water partition coefficient (Wildman–Crippen LogP) is 1.86. The lowest BCUT2D eigenvalue weighted by atomic mass is 9.74. The summed E-state index contributed by atoms with van der Waals surface area (Å²) in [5, 5.41) is 0. The Bertz CT molecular complexity index is 291. The molecule has 1 aliphatic carbocycles. The van der Waals surface area contributed by atoms with Crippen molar-refractivity contribution in [1.82, 2.24) is 0 Å². The lowest BCUT2D eigenvalue weighted by molar-refractivity contribution is -0.152. The second kappa shape index (κ2) is 3.95. The molecule has 14 heavy (non-hydrogen) atoms. The van der Waals surface area contributed by atoms with E-state index in [0.29, 0.717) is 19.4 Å². The molecule has 0 spiro atoms. The fraction of sp³-hybridized carbons (Fsp3) is 0.636. The number of ketones is 1. The number of hydrogen-bond acceptors (Lipinski definition) is 3. The Labute approximate surface area is 84.1 Å². The van der Waals surface area contributed by atoms with Crippen LogP contribution in [0, 0.1) is 5.41 Å². The average Bonchev–Trinajstić information content (AvgIpc) is 2.12. The maximum Gasteiger partial charge on any atom is 0.315 e. The minimum absolute atomic E-state index is 0.101. The van der Waals surface area contributed by atoms with E-state index in [-0.39, 0.29) is 11.8 Å². The van der Waals surface area contributed by atoms with Crippen LogP contribution in [0.4, 0.5) is 0 Å². The second-order valence-electron chi connectivity index (χ2n) is 3.85. The van der Waals surface area contributed by atoms with Crippen molar-refractivity contribution in [2.75, 3.05) is 6.61 Å². The van der Waals surface area contributed by atoms with Gasteiger partial charge in [0, 0.05) is 6.42 Å². The zero-order valence-corrected chi connectivity index (χ0v) is 8.92. The van der Waals surface area contributed by atoms with Crippen molar-refractivity contribution >= 4 is 11.8 Å². The Morgan fingerprint density at radius 1 is 1.64 bits per heavy atom. The lowest BCUT2D eigenvalue weighted by Crippen LogP contribution is -2.34. The zero-order chi connectivity index (χ0) is 10.8. The molecule has 0 fully saturated rings. The molecule has 78 valence electrons. The molecule has 3 heteroatoms. The van der Waals surface area contributed by atoms with Gasteiger partial charge in [0.05, 0.1) is 12.0 Å². The fourth-order valence-corrected chi connectivity index (χ4v) is 1.60. The van der Waals surface area contributed by atoms with Crippen molar-refractivity contribution in [2.24, 2.45) is 5.41 Å². The monoisotopic (exact) mass is 196 g/mol. The van der Waals surface area contributed by atoms with E-state index in [2.05, 4.69) is 0 Å². The molecule has 0 saturated heterocycles. The van der Waals surface area contributed by atoms with Gasteiger partial charge < -0.3 is 4.74 Å². The summed E-state index contributed by atoms with van der Waals surface area (Å²) in [7, 11) is 0. The van der Waals surface area contributed by atoms with Gasteiger partial charge in [-0.15, -0.1) is 0 Å². The topological polar surface area (TPSA) is 43.4 Å². The molecule has 0 radical (unpaired) electrons. The van der Waals surface area contributed by atoms with Crippen molar-refractivity contribution < 1.29 is 14.3 Å². The van der Waals surface area contributed by atoms with Gasteiger partial charge in [0.2, 0.25) is 0 Å². The molecule has 0 N–H and O–H groups in total. The summed E-state index contributed by atoms with van der Waals surface area (Å²) >= 11 is 0. The van der Waals surface area contributed by atoms with Crippen molar-refractivity contribution in [3.63, 3.8) is 0 Å². The summed E-state index contributed by atoms with van der Waals surface area (Å²) in [6, 6.07) is 0. The summed E-state index contributed by atoms with van der Waals surface area (Å²) in [6.45, 7) is 5.82. The highest BCUT2D eigenvalue weighted by Gasteiger charge is 2.39. The quantitative estimate of drug-likeness (QED) is 0.633. The summed E-state index contributed by atoms with van der Waals surface area (Å²) in [5.74, 6) is -0.120. The molecule has 1 rings (SSSR count). The van der Waals surface area contributed by atoms with Crippen LogP contribution in [0.15, 0.2) is 11.6 Å². The highest BCUT2D eigenvalue weighted by molar-refractivity contribution is 5.94. The van der Waals surface area contributed by atoms with Crippen LogP contribution in [-0.2, 0) is 14.3 Å². The molecule has 0 aromatic heterocycles. The van der Waals surface area contributed by atoms with Crippen LogP contribution in [0.25, 0.3) is 0 Å². The normalized spacial score (nSPS) is 27.1. The molecule has 1 atom stereocenters. The number of carbonyl (C=O) groups excluding carboxylic acids is 2. The molecule has 3 nitrogen and oxygen atoms in total. The van der Waals surface area contributed by atoms with E-state index < -0.39 is 5.41 Å². The first-order valence-corrected chi connectivity index (χ1v) is 4.89. The molecular formula is C11H16O3. The van der Waals surface area contributed by atoms with Crippen LogP contribution in [0.2, 0.25) is 0 Å². The van der Waals surface area contributed by atoms with Gasteiger partial charge in [0.15, 0.2) is 5.78 Å². The molecule has 0 aliphatic heterocycles. The third kappa shape index (κ3) is 1.86. The van der Waals surface area contributed by atoms with E-state index in [1.807, 2.05) is 13.8 Å². The maximum atomic E-state index is 11.7. The van der Waals surface area contributed by atoms with Crippen molar-refractivity contribution in [3.05, 3.63) is 11.6 Å². The molecule has 0 aromatic carbocycles. The summed E-state index contributed by atoms with van der Waals surface area (Å²) in [4.78, 5) is 22.8. The molecule has 0 bridgehead atoms. The van der Waals surface area contributed by atoms with E-state index in [4.69, 9.17) is 4.74 Å². The molecule has 0 saturated carbocycles. The first kappa shape index (κ1) is 11.0. The van der Waals surface area contributed by atoms with Gasteiger partial charge >= 0.3 is 5.97 Å². The zero-order valence-electron chi connectivity index (χ0n) is 8.92. The highest BCUT2D eigenvalue weighted by atomic mass is 16.5. The smallest absolute Gasteiger partial charge is 0.315 e. The summed E-state index contributed by atoms with van der Waals surface area (Å²) in [5.41, 5.74) is 0.219. The SMILES string of the molecule is CCOC(=O)C1(C)CCC(=O)C=C1C. The van der Waals surface area contributed by atoms with Crippen LogP contribution < -0.4 is 0 Å². The van der Waals surface area contributed by atoms with E-state index in [0.717, 1.165) is 5.57 Å². The first-order valence-electron chi connectivity index (χ1n) is 4.89. The average molecular weight is 196 g/mol. The third-order valence-electron chi connectivity index (χ3n) is 2.85. The van der Waals surface area contributed by atoms with Gasteiger partial charge in [-0.3, -0.25) is 9.59 Å². The largest absolute Gasteiger partial charge is 0.465 e. The Balaban J connectivity index is 2.89. The van der Waals surface area contributed by atoms with Crippen LogP contribution in [-0.4, -0.2) is 18.4 Å². The van der Waals surface area contributed by atoms with Gasteiger partial charge in [-0.1, -0.05) is 5.57 Å². The van der Waals surface area contributed by atoms with Crippen molar-refractivity contribution in [2.45, 2.75) is 33.6 Å². The number of hydrogen-bond donors (Lipinski definition) is 0. The molecule has 0 amide bonds. The minimum atomic E-state index is -0.593. The summed E-state index contributed by atoms with van der Waals surface area (Å²) < 4.78 is 5.00. The standard InChI is InChI=1S/C11H16O3/c1-4-14-10(13)11(3)6-5-9(12)7-8(11)2/h7H,4-6H2,1-3H3. The fourth-order valence-electron chi connectivity index (χ4n) is 1.60. The van der Waals surface area contributed by atoms with Crippen molar-refractivity contribution in [3.8, 4) is 0 Å². The van der Waals surface area contributed by atoms with Gasteiger partial charge in [-0.25, -0.2) is 0 Å². The first-order chi connectivity index (χ1) is 6.50. The molecule has 0 aromatic rings. The van der Waals surface area contributed by atoms with Crippen molar-refractivity contribution in [1.29, 1.82) is 0 Å². The van der Waals surface area contributed by atoms with Crippen LogP contribution >= 0.6 is 0 Å². The number of esters is 1. The number of carbonyl (C=O) groups is 2. The third-order valence-corrected chi connectivity index (χ3v) is 2.85. The Hall–Kier alpha value is -1.12. The number of ether oxygens (including phenoxy) is 1. The van der Waals surface area contributed by atoms with Crippen LogP contribution in [0.5, 0.6) is 0 Å². The molecule has 0 heterocycles. The highest BCUT2D eigenvalue weighted by Crippen LogP contribution is 2.36. The minimum Gasteiger partial charge on any atom is -0.465 e. The Morgan fingerprint density at radius 2 is 2.29 bits per heavy atom. The lowest BCUT2D eigenvalue weighted by Gasteiger charge is -2.30. The molecular weight excluding hydrogens is 180 g/mol. The summed E-state index contributed by atoms with van der Waals surface area (Å²) in [6.07, 6.45) is 2.56. The van der Waals surface area contributed by atoms with Gasteiger partial charge in [-0.05, 0) is 33.3 Å². The number of allylic oxidation sites excluding steroid dienone is 1. The Morgan fingerprint density at radius 3 is 2.79 bits per heavy atom. The van der Waals surface area contributed by atoms with E-state index in [1.54, 1.807) is 13.0 Å². The van der Waals surface area contributed by atoms with E-state index in [9.17, 15) is 9.59 Å². The van der Waals surface area contributed by atoms with Gasteiger partial charge in [0.25, 0.3) is 0 Å². The van der Waals surface area contributed by atoms with Crippen LogP contribution in [0.1, 0.15) is 33.6 Å². The van der Waals surface area contributed by atoms with Gasteiger partial charge in [-0.2, -0.15) is 0 Å². The van der Waals surface area contributed by atoms with E-state index in [1.165, 1.54) is 0 Å². The Kier molecular flexibility index (Phi) is 3.09. The number of rotatable bonds is 2. The second-order valence-corrected chi connectivity index (χ2v) is 3.85. The van der Waals surface area contributed by atoms with Gasteiger partial charge in [0.1, 0.15) is 0 Å². The maximum absolute atomic E-state index is 11.7. The van der Waals surface area contributed by atoms with E-state index >= 15 is 0 Å². The molecule has 1 unspecified atom stereocenters. The molecule has 1 aliphatic rings.